The maximum atomic E-state index is 6.21. The van der Waals surface area contributed by atoms with Gasteiger partial charge in [-0.3, -0.25) is 0 Å². The Hall–Kier alpha value is -0.730. The van der Waals surface area contributed by atoms with E-state index in [2.05, 4.69) is 36.2 Å². The molecule has 0 spiro atoms. The minimum absolute atomic E-state index is 0.828. The van der Waals surface area contributed by atoms with Crippen molar-refractivity contribution in [3.8, 4) is 0 Å². The molecule has 1 aromatic rings. The molecule has 0 unspecified atom stereocenters. The van der Waals surface area contributed by atoms with E-state index in [1.165, 1.54) is 5.56 Å². The Balaban J connectivity index is 2.78. The second kappa shape index (κ2) is 5.99. The summed E-state index contributed by atoms with van der Waals surface area (Å²) in [4.78, 5) is 2.14. The van der Waals surface area contributed by atoms with Gasteiger partial charge in [0, 0.05) is 20.1 Å². The minimum atomic E-state index is 0.828. The van der Waals surface area contributed by atoms with E-state index in [0.717, 1.165) is 30.3 Å². The van der Waals surface area contributed by atoms with Gasteiger partial charge in [0.25, 0.3) is 0 Å². The van der Waals surface area contributed by atoms with Gasteiger partial charge in [-0.2, -0.15) is 0 Å². The molecule has 0 radical (unpaired) electrons. The monoisotopic (exact) mass is 226 g/mol. The van der Waals surface area contributed by atoms with E-state index >= 15 is 0 Å². The summed E-state index contributed by atoms with van der Waals surface area (Å²) >= 11 is 6.21. The summed E-state index contributed by atoms with van der Waals surface area (Å²) in [7, 11) is 2.05. The van der Waals surface area contributed by atoms with Crippen LogP contribution < -0.4 is 10.2 Å². The fourth-order valence-electron chi connectivity index (χ4n) is 1.41. The van der Waals surface area contributed by atoms with E-state index in [1.807, 2.05) is 13.1 Å². The lowest BCUT2D eigenvalue weighted by Gasteiger charge is -2.18. The van der Waals surface area contributed by atoms with Gasteiger partial charge in [0.05, 0.1) is 10.7 Å². The first kappa shape index (κ1) is 12.3. The summed E-state index contributed by atoms with van der Waals surface area (Å²) in [6, 6.07) is 6.24. The maximum Gasteiger partial charge on any atom is 0.0642 e. The first-order chi connectivity index (χ1) is 7.19. The third kappa shape index (κ3) is 3.40. The van der Waals surface area contributed by atoms with Gasteiger partial charge in [-0.25, -0.2) is 0 Å². The summed E-state index contributed by atoms with van der Waals surface area (Å²) in [5, 5.41) is 4.11. The third-order valence-electron chi connectivity index (χ3n) is 2.48. The summed E-state index contributed by atoms with van der Waals surface area (Å²) < 4.78 is 0. The molecule has 15 heavy (non-hydrogen) atoms. The Labute approximate surface area is 97.2 Å². The van der Waals surface area contributed by atoms with E-state index in [0.29, 0.717) is 0 Å². The van der Waals surface area contributed by atoms with E-state index in [4.69, 9.17) is 11.6 Å². The Morgan fingerprint density at radius 3 is 2.60 bits per heavy atom. The molecule has 1 N–H and O–H groups in total. The maximum absolute atomic E-state index is 6.21. The third-order valence-corrected chi connectivity index (χ3v) is 2.78. The lowest BCUT2D eigenvalue weighted by atomic mass is 10.2. The van der Waals surface area contributed by atoms with Gasteiger partial charge in [0.1, 0.15) is 0 Å². The lowest BCUT2D eigenvalue weighted by Crippen LogP contribution is -2.16. The van der Waals surface area contributed by atoms with Gasteiger partial charge in [0.2, 0.25) is 0 Å². The minimum Gasteiger partial charge on any atom is -0.374 e. The molecule has 0 aliphatic rings. The first-order valence-electron chi connectivity index (χ1n) is 5.39. The highest BCUT2D eigenvalue weighted by molar-refractivity contribution is 6.33. The van der Waals surface area contributed by atoms with Crippen LogP contribution in [0.1, 0.15) is 19.4 Å². The predicted molar refractivity (Wildman–Crippen MR) is 67.8 cm³/mol. The average Bonchev–Trinajstić information content (AvgIpc) is 2.25. The highest BCUT2D eigenvalue weighted by Crippen LogP contribution is 2.25. The predicted octanol–water partition coefficient (Wildman–Crippen LogP) is 2.91. The largest absolute Gasteiger partial charge is 0.374 e. The summed E-state index contributed by atoms with van der Waals surface area (Å²) in [6.45, 7) is 7.04. The molecule has 2 nitrogen and oxygen atoms in total. The Morgan fingerprint density at radius 1 is 1.33 bits per heavy atom. The first-order valence-corrected chi connectivity index (χ1v) is 5.77. The standard InChI is InChI=1S/C12H19ClN2/c1-4-14-9-10-6-7-12(11(13)8-10)15(3)5-2/h6-8,14H,4-5,9H2,1-3H3. The zero-order valence-corrected chi connectivity index (χ0v) is 10.4. The van der Waals surface area contributed by atoms with Gasteiger partial charge in [-0.1, -0.05) is 24.6 Å². The Bertz CT molecular complexity index is 312. The van der Waals surface area contributed by atoms with Crippen molar-refractivity contribution in [1.82, 2.24) is 5.32 Å². The average molecular weight is 227 g/mol. The summed E-state index contributed by atoms with van der Waals surface area (Å²) in [6.07, 6.45) is 0. The molecule has 0 fully saturated rings. The van der Waals surface area contributed by atoms with Gasteiger partial charge < -0.3 is 10.2 Å². The van der Waals surface area contributed by atoms with Crippen LogP contribution >= 0.6 is 11.6 Å². The van der Waals surface area contributed by atoms with Gasteiger partial charge in [-0.05, 0) is 31.2 Å². The van der Waals surface area contributed by atoms with E-state index in [-0.39, 0.29) is 0 Å². The molecular weight excluding hydrogens is 208 g/mol. The zero-order chi connectivity index (χ0) is 11.3. The van der Waals surface area contributed by atoms with Crippen LogP contribution in [0.3, 0.4) is 0 Å². The van der Waals surface area contributed by atoms with Crippen molar-refractivity contribution < 1.29 is 0 Å². The van der Waals surface area contributed by atoms with Gasteiger partial charge in [-0.15, -0.1) is 0 Å². The molecular formula is C12H19ClN2. The molecule has 1 rings (SSSR count). The fourth-order valence-corrected chi connectivity index (χ4v) is 1.76. The van der Waals surface area contributed by atoms with Crippen LogP contribution in [-0.4, -0.2) is 20.1 Å². The van der Waals surface area contributed by atoms with E-state index < -0.39 is 0 Å². The van der Waals surface area contributed by atoms with Crippen LogP contribution in [0.5, 0.6) is 0 Å². The Kier molecular flexibility index (Phi) is 4.92. The second-order valence-electron chi connectivity index (χ2n) is 3.58. The highest BCUT2D eigenvalue weighted by atomic mass is 35.5. The molecule has 0 aliphatic carbocycles. The fraction of sp³-hybridized carbons (Fsp3) is 0.500. The quantitative estimate of drug-likeness (QED) is 0.831. The summed E-state index contributed by atoms with van der Waals surface area (Å²) in [5.41, 5.74) is 2.33. The normalized spacial score (nSPS) is 10.4. The number of benzene rings is 1. The highest BCUT2D eigenvalue weighted by Gasteiger charge is 2.04. The van der Waals surface area contributed by atoms with Gasteiger partial charge >= 0.3 is 0 Å². The van der Waals surface area contributed by atoms with Crippen molar-refractivity contribution >= 4 is 17.3 Å². The molecule has 0 amide bonds. The molecule has 0 saturated carbocycles. The SMILES string of the molecule is CCNCc1ccc(N(C)CC)c(Cl)c1. The zero-order valence-electron chi connectivity index (χ0n) is 9.68. The Morgan fingerprint density at radius 2 is 2.07 bits per heavy atom. The van der Waals surface area contributed by atoms with Crippen molar-refractivity contribution in [2.24, 2.45) is 0 Å². The smallest absolute Gasteiger partial charge is 0.0642 e. The van der Waals surface area contributed by atoms with Crippen LogP contribution in [0.15, 0.2) is 18.2 Å². The topological polar surface area (TPSA) is 15.3 Å². The molecule has 0 saturated heterocycles. The van der Waals surface area contributed by atoms with Crippen molar-refractivity contribution in [3.63, 3.8) is 0 Å². The molecule has 1 aromatic carbocycles. The van der Waals surface area contributed by atoms with Crippen molar-refractivity contribution in [3.05, 3.63) is 28.8 Å². The number of rotatable bonds is 5. The molecule has 3 heteroatoms. The number of halogens is 1. The lowest BCUT2D eigenvalue weighted by molar-refractivity contribution is 0.727. The van der Waals surface area contributed by atoms with Crippen LogP contribution in [0.2, 0.25) is 5.02 Å². The molecule has 0 aliphatic heterocycles. The number of hydrogen-bond donors (Lipinski definition) is 1. The number of nitrogens with zero attached hydrogens (tertiary/aromatic N) is 1. The number of anilines is 1. The molecule has 0 heterocycles. The van der Waals surface area contributed by atoms with Crippen molar-refractivity contribution in [2.45, 2.75) is 20.4 Å². The summed E-state index contributed by atoms with van der Waals surface area (Å²) in [5.74, 6) is 0. The van der Waals surface area contributed by atoms with Crippen molar-refractivity contribution in [2.75, 3.05) is 25.0 Å². The molecule has 84 valence electrons. The van der Waals surface area contributed by atoms with Crippen LogP contribution in [0.25, 0.3) is 0 Å². The molecule has 0 bridgehead atoms. The molecule has 0 aromatic heterocycles. The molecule has 0 atom stereocenters. The van der Waals surface area contributed by atoms with Gasteiger partial charge in [0.15, 0.2) is 0 Å². The van der Waals surface area contributed by atoms with Crippen LogP contribution in [-0.2, 0) is 6.54 Å². The number of hydrogen-bond acceptors (Lipinski definition) is 2. The number of nitrogens with one attached hydrogen (secondary N) is 1. The van der Waals surface area contributed by atoms with Crippen molar-refractivity contribution in [1.29, 1.82) is 0 Å². The van der Waals surface area contributed by atoms with E-state index in [1.54, 1.807) is 0 Å². The van der Waals surface area contributed by atoms with Crippen LogP contribution in [0.4, 0.5) is 5.69 Å². The van der Waals surface area contributed by atoms with E-state index in [9.17, 15) is 0 Å². The second-order valence-corrected chi connectivity index (χ2v) is 3.99. The van der Waals surface area contributed by atoms with Crippen LogP contribution in [0, 0.1) is 0 Å².